The Hall–Kier alpha value is -3.80. The number of carbonyl (C=O) groups is 1. The molecule has 0 saturated carbocycles. The first-order chi connectivity index (χ1) is 13.5. The molecule has 0 bridgehead atoms. The second-order valence-electron chi connectivity index (χ2n) is 6.58. The van der Waals surface area contributed by atoms with Crippen LogP contribution in [-0.2, 0) is 0 Å². The Morgan fingerprint density at radius 2 is 1.43 bits per heavy atom. The van der Waals surface area contributed by atoms with Gasteiger partial charge in [-0.15, -0.1) is 0 Å². The van der Waals surface area contributed by atoms with Crippen LogP contribution < -0.4 is 4.74 Å². The fourth-order valence-corrected chi connectivity index (χ4v) is 3.40. The van der Waals surface area contributed by atoms with Crippen molar-refractivity contribution in [1.82, 2.24) is 4.98 Å². The van der Waals surface area contributed by atoms with E-state index in [4.69, 9.17) is 4.74 Å². The summed E-state index contributed by atoms with van der Waals surface area (Å²) in [5.74, 6) is -0.185. The number of benzene rings is 3. The molecule has 4 aromatic rings. The molecule has 4 rings (SSSR count). The van der Waals surface area contributed by atoms with Crippen LogP contribution in [0.2, 0.25) is 0 Å². The van der Waals surface area contributed by atoms with Crippen LogP contribution in [-0.4, -0.2) is 15.9 Å². The second kappa shape index (κ2) is 6.74. The second-order valence-corrected chi connectivity index (χ2v) is 6.58. The summed E-state index contributed by atoms with van der Waals surface area (Å²) in [6, 6.07) is 17.6. The van der Waals surface area contributed by atoms with Crippen LogP contribution in [0.5, 0.6) is 5.75 Å². The summed E-state index contributed by atoms with van der Waals surface area (Å²) in [6.45, 7) is 3.37. The standard InChI is InChI=1S/C22H16N2O4/c1-13-11-15(24(26)27)12-14(2)21(13)28-22(25)20-16-7-3-5-9-18(16)23-19-10-6-4-8-17(19)20/h3-12H,1-2H3. The highest BCUT2D eigenvalue weighted by Gasteiger charge is 2.21. The van der Waals surface area contributed by atoms with Gasteiger partial charge in [-0.3, -0.25) is 10.1 Å². The minimum atomic E-state index is -0.519. The van der Waals surface area contributed by atoms with Crippen LogP contribution in [0.1, 0.15) is 21.5 Å². The van der Waals surface area contributed by atoms with Crippen molar-refractivity contribution in [3.05, 3.63) is 87.5 Å². The van der Waals surface area contributed by atoms with E-state index in [1.807, 2.05) is 48.5 Å². The number of fused-ring (bicyclic) bond motifs is 2. The third-order valence-electron chi connectivity index (χ3n) is 4.64. The number of non-ortho nitro benzene ring substituents is 1. The number of aromatic nitrogens is 1. The lowest BCUT2D eigenvalue weighted by atomic mass is 10.0. The van der Waals surface area contributed by atoms with Gasteiger partial charge in [-0.25, -0.2) is 9.78 Å². The van der Waals surface area contributed by atoms with Crippen molar-refractivity contribution in [1.29, 1.82) is 0 Å². The summed E-state index contributed by atoms with van der Waals surface area (Å²) in [5.41, 5.74) is 2.86. The van der Waals surface area contributed by atoms with Gasteiger partial charge in [0.05, 0.1) is 21.5 Å². The van der Waals surface area contributed by atoms with Gasteiger partial charge in [-0.1, -0.05) is 36.4 Å². The van der Waals surface area contributed by atoms with Crippen LogP contribution in [0, 0.1) is 24.0 Å². The molecule has 0 atom stereocenters. The third-order valence-corrected chi connectivity index (χ3v) is 4.64. The monoisotopic (exact) mass is 372 g/mol. The predicted molar refractivity (Wildman–Crippen MR) is 107 cm³/mol. The number of esters is 1. The molecule has 1 aromatic heterocycles. The van der Waals surface area contributed by atoms with E-state index in [9.17, 15) is 14.9 Å². The summed E-state index contributed by atoms with van der Waals surface area (Å²) in [4.78, 5) is 28.4. The van der Waals surface area contributed by atoms with E-state index in [0.29, 0.717) is 44.2 Å². The molecule has 0 aliphatic rings. The maximum atomic E-state index is 13.2. The van der Waals surface area contributed by atoms with Crippen molar-refractivity contribution < 1.29 is 14.5 Å². The van der Waals surface area contributed by atoms with Gasteiger partial charge in [0.2, 0.25) is 0 Å². The zero-order valence-electron chi connectivity index (χ0n) is 15.3. The highest BCUT2D eigenvalue weighted by Crippen LogP contribution is 2.31. The zero-order chi connectivity index (χ0) is 19.8. The molecule has 0 spiro atoms. The number of nitrogens with zero attached hydrogens (tertiary/aromatic N) is 2. The fourth-order valence-electron chi connectivity index (χ4n) is 3.40. The maximum Gasteiger partial charge on any atom is 0.344 e. The number of hydrogen-bond acceptors (Lipinski definition) is 5. The first-order valence-electron chi connectivity index (χ1n) is 8.71. The van der Waals surface area contributed by atoms with E-state index >= 15 is 0 Å². The normalized spacial score (nSPS) is 10.9. The molecule has 0 amide bonds. The average molecular weight is 372 g/mol. The minimum absolute atomic E-state index is 0.0328. The van der Waals surface area contributed by atoms with Gasteiger partial charge >= 0.3 is 5.97 Å². The predicted octanol–water partition coefficient (Wildman–Crippen LogP) is 5.13. The molecule has 28 heavy (non-hydrogen) atoms. The number of pyridine rings is 1. The molecular formula is C22H16N2O4. The molecule has 138 valence electrons. The van der Waals surface area contributed by atoms with Crippen molar-refractivity contribution in [3.63, 3.8) is 0 Å². The number of nitro groups is 1. The lowest BCUT2D eigenvalue weighted by Crippen LogP contribution is -2.12. The van der Waals surface area contributed by atoms with Gasteiger partial charge < -0.3 is 4.74 Å². The first-order valence-corrected chi connectivity index (χ1v) is 8.71. The number of hydrogen-bond donors (Lipinski definition) is 0. The lowest BCUT2D eigenvalue weighted by molar-refractivity contribution is -0.385. The summed E-state index contributed by atoms with van der Waals surface area (Å²) >= 11 is 0. The van der Waals surface area contributed by atoms with Crippen molar-refractivity contribution in [3.8, 4) is 5.75 Å². The van der Waals surface area contributed by atoms with Gasteiger partial charge in [-0.05, 0) is 37.1 Å². The molecule has 6 nitrogen and oxygen atoms in total. The SMILES string of the molecule is Cc1cc([N+](=O)[O-])cc(C)c1OC(=O)c1c2ccccc2nc2ccccc12. The Kier molecular flexibility index (Phi) is 4.24. The molecule has 0 radical (unpaired) electrons. The molecule has 6 heteroatoms. The Morgan fingerprint density at radius 1 is 0.929 bits per heavy atom. The Labute approximate surface area is 160 Å². The summed E-state index contributed by atoms with van der Waals surface area (Å²) in [6.07, 6.45) is 0. The molecule has 0 saturated heterocycles. The average Bonchev–Trinajstić information content (AvgIpc) is 2.68. The lowest BCUT2D eigenvalue weighted by Gasteiger charge is -2.13. The first kappa shape index (κ1) is 17.6. The van der Waals surface area contributed by atoms with E-state index in [1.165, 1.54) is 12.1 Å². The summed E-state index contributed by atoms with van der Waals surface area (Å²) < 4.78 is 5.72. The summed E-state index contributed by atoms with van der Waals surface area (Å²) in [7, 11) is 0. The van der Waals surface area contributed by atoms with Gasteiger partial charge in [-0.2, -0.15) is 0 Å². The maximum absolute atomic E-state index is 13.2. The number of para-hydroxylation sites is 2. The number of ether oxygens (including phenoxy) is 1. The van der Waals surface area contributed by atoms with E-state index in [1.54, 1.807) is 13.8 Å². The van der Waals surface area contributed by atoms with Gasteiger partial charge in [0.15, 0.2) is 0 Å². The van der Waals surface area contributed by atoms with Crippen molar-refractivity contribution in [2.45, 2.75) is 13.8 Å². The van der Waals surface area contributed by atoms with Crippen molar-refractivity contribution >= 4 is 33.5 Å². The van der Waals surface area contributed by atoms with Gasteiger partial charge in [0.1, 0.15) is 5.75 Å². The highest BCUT2D eigenvalue weighted by atomic mass is 16.6. The molecule has 1 heterocycles. The third kappa shape index (κ3) is 2.95. The van der Waals surface area contributed by atoms with E-state index in [-0.39, 0.29) is 5.69 Å². The van der Waals surface area contributed by atoms with Crippen LogP contribution in [0.25, 0.3) is 21.8 Å². The minimum Gasteiger partial charge on any atom is -0.422 e. The summed E-state index contributed by atoms with van der Waals surface area (Å²) in [5, 5.41) is 12.4. The number of rotatable bonds is 3. The molecule has 3 aromatic carbocycles. The van der Waals surface area contributed by atoms with Crippen LogP contribution in [0.15, 0.2) is 60.7 Å². The van der Waals surface area contributed by atoms with Crippen LogP contribution in [0.4, 0.5) is 5.69 Å². The molecule has 0 aliphatic carbocycles. The Balaban J connectivity index is 1.87. The topological polar surface area (TPSA) is 82.3 Å². The van der Waals surface area contributed by atoms with E-state index in [0.717, 1.165) is 0 Å². The molecule has 0 unspecified atom stereocenters. The number of carbonyl (C=O) groups excluding carboxylic acids is 1. The molecule has 0 N–H and O–H groups in total. The van der Waals surface area contributed by atoms with E-state index in [2.05, 4.69) is 4.98 Å². The number of nitro benzene ring substituents is 1. The van der Waals surface area contributed by atoms with Gasteiger partial charge in [0.25, 0.3) is 5.69 Å². The molecule has 0 fully saturated rings. The number of aryl methyl sites for hydroxylation is 2. The quantitative estimate of drug-likeness (QED) is 0.164. The highest BCUT2D eigenvalue weighted by molar-refractivity contribution is 6.14. The largest absolute Gasteiger partial charge is 0.422 e. The Morgan fingerprint density at radius 3 is 1.93 bits per heavy atom. The molecule has 0 aliphatic heterocycles. The fraction of sp³-hybridized carbons (Fsp3) is 0.0909. The smallest absolute Gasteiger partial charge is 0.344 e. The van der Waals surface area contributed by atoms with Crippen molar-refractivity contribution in [2.24, 2.45) is 0 Å². The van der Waals surface area contributed by atoms with Crippen molar-refractivity contribution in [2.75, 3.05) is 0 Å². The van der Waals surface area contributed by atoms with E-state index < -0.39 is 10.9 Å². The van der Waals surface area contributed by atoms with Crippen LogP contribution in [0.3, 0.4) is 0 Å². The molecular weight excluding hydrogens is 356 g/mol. The van der Waals surface area contributed by atoms with Gasteiger partial charge in [0, 0.05) is 22.9 Å². The zero-order valence-corrected chi connectivity index (χ0v) is 15.3. The Bertz CT molecular complexity index is 1190. The van der Waals surface area contributed by atoms with Crippen LogP contribution >= 0.6 is 0 Å².